The summed E-state index contributed by atoms with van der Waals surface area (Å²) in [5.41, 5.74) is 0.210. The summed E-state index contributed by atoms with van der Waals surface area (Å²) < 4.78 is 0. The molecular formula is C13H20N2O2. The second-order valence-corrected chi connectivity index (χ2v) is 4.80. The fourth-order valence-corrected chi connectivity index (χ4v) is 2.57. The summed E-state index contributed by atoms with van der Waals surface area (Å²) >= 11 is 0. The Morgan fingerprint density at radius 3 is 2.47 bits per heavy atom. The van der Waals surface area contributed by atoms with E-state index < -0.39 is 0 Å². The summed E-state index contributed by atoms with van der Waals surface area (Å²) in [4.78, 5) is 18.8. The van der Waals surface area contributed by atoms with Gasteiger partial charge in [-0.25, -0.2) is 0 Å². The number of hydrogen-bond acceptors (Lipinski definition) is 3. The van der Waals surface area contributed by atoms with E-state index in [2.05, 4.69) is 9.97 Å². The second-order valence-electron chi connectivity index (χ2n) is 4.80. The predicted molar refractivity (Wildman–Crippen MR) is 66.3 cm³/mol. The van der Waals surface area contributed by atoms with Gasteiger partial charge in [-0.15, -0.1) is 0 Å². The number of H-pyrrole nitrogens is 1. The monoisotopic (exact) mass is 236 g/mol. The zero-order chi connectivity index (χ0) is 12.3. The Morgan fingerprint density at radius 2 is 1.94 bits per heavy atom. The van der Waals surface area contributed by atoms with Gasteiger partial charge >= 0.3 is 0 Å². The topological polar surface area (TPSA) is 66.0 Å². The molecule has 94 valence electrons. The Balaban J connectivity index is 2.29. The molecule has 1 aromatic rings. The lowest BCUT2D eigenvalue weighted by molar-refractivity contribution is 0.432. The van der Waals surface area contributed by atoms with E-state index in [1.165, 1.54) is 25.7 Å². The average Bonchev–Trinajstić information content (AvgIpc) is 2.57. The van der Waals surface area contributed by atoms with Crippen molar-refractivity contribution in [1.82, 2.24) is 9.97 Å². The molecular weight excluding hydrogens is 216 g/mol. The average molecular weight is 236 g/mol. The number of aromatic hydroxyl groups is 1. The molecule has 17 heavy (non-hydrogen) atoms. The fraction of sp³-hybridized carbons (Fsp3) is 0.692. The maximum Gasteiger partial charge on any atom is 0.257 e. The first-order valence-corrected chi connectivity index (χ1v) is 6.54. The van der Waals surface area contributed by atoms with Crippen LogP contribution in [0.1, 0.15) is 62.8 Å². The number of aromatic amines is 1. The summed E-state index contributed by atoms with van der Waals surface area (Å²) in [6.07, 6.45) is 7.54. The van der Waals surface area contributed by atoms with E-state index in [1.54, 1.807) is 0 Å². The second kappa shape index (κ2) is 5.34. The van der Waals surface area contributed by atoms with Gasteiger partial charge in [0.25, 0.3) is 5.56 Å². The van der Waals surface area contributed by atoms with Crippen LogP contribution in [0.15, 0.2) is 4.79 Å². The molecule has 2 rings (SSSR count). The van der Waals surface area contributed by atoms with Crippen LogP contribution in [0.25, 0.3) is 0 Å². The van der Waals surface area contributed by atoms with E-state index in [1.807, 2.05) is 6.92 Å². The molecule has 1 aromatic heterocycles. The van der Waals surface area contributed by atoms with Crippen LogP contribution in [0.5, 0.6) is 5.88 Å². The van der Waals surface area contributed by atoms with E-state index in [0.717, 1.165) is 12.8 Å². The number of aromatic nitrogens is 2. The lowest BCUT2D eigenvalue weighted by Crippen LogP contribution is -2.18. The van der Waals surface area contributed by atoms with E-state index in [4.69, 9.17) is 0 Å². The Labute approximate surface area is 101 Å². The van der Waals surface area contributed by atoms with Crippen molar-refractivity contribution < 1.29 is 5.11 Å². The van der Waals surface area contributed by atoms with Gasteiger partial charge in [0, 0.05) is 5.92 Å². The molecule has 4 nitrogen and oxygen atoms in total. The largest absolute Gasteiger partial charge is 0.493 e. The van der Waals surface area contributed by atoms with Crippen LogP contribution in [0.4, 0.5) is 0 Å². The highest BCUT2D eigenvalue weighted by molar-refractivity contribution is 5.23. The smallest absolute Gasteiger partial charge is 0.257 e. The van der Waals surface area contributed by atoms with Crippen LogP contribution in [0.2, 0.25) is 0 Å². The van der Waals surface area contributed by atoms with Crippen molar-refractivity contribution in [2.75, 3.05) is 0 Å². The fourth-order valence-electron chi connectivity index (χ4n) is 2.57. The molecule has 1 aliphatic rings. The number of rotatable bonds is 2. The van der Waals surface area contributed by atoms with Gasteiger partial charge in [0.05, 0.1) is 5.56 Å². The normalized spacial score (nSPS) is 17.9. The summed E-state index contributed by atoms with van der Waals surface area (Å²) in [5.74, 6) is 0.893. The molecule has 4 heteroatoms. The third kappa shape index (κ3) is 2.68. The number of hydrogen-bond donors (Lipinski definition) is 2. The van der Waals surface area contributed by atoms with Gasteiger partial charge in [-0.1, -0.05) is 32.6 Å². The highest BCUT2D eigenvalue weighted by atomic mass is 16.3. The molecule has 0 spiro atoms. The van der Waals surface area contributed by atoms with Gasteiger partial charge in [-0.3, -0.25) is 4.79 Å². The Bertz CT molecular complexity index is 432. The molecule has 0 saturated heterocycles. The van der Waals surface area contributed by atoms with Crippen molar-refractivity contribution in [3.05, 3.63) is 21.7 Å². The molecule has 1 aliphatic carbocycles. The summed E-state index contributed by atoms with van der Waals surface area (Å²) in [7, 11) is 0. The first-order valence-electron chi connectivity index (χ1n) is 6.54. The predicted octanol–water partition coefficient (Wildman–Crippen LogP) is 2.48. The van der Waals surface area contributed by atoms with E-state index in [-0.39, 0.29) is 11.4 Å². The zero-order valence-corrected chi connectivity index (χ0v) is 10.3. The first kappa shape index (κ1) is 12.1. The summed E-state index contributed by atoms with van der Waals surface area (Å²) in [5, 5.41) is 9.74. The maximum atomic E-state index is 11.8. The van der Waals surface area contributed by atoms with Crippen LogP contribution in [0.3, 0.4) is 0 Å². The van der Waals surface area contributed by atoms with Crippen LogP contribution in [-0.4, -0.2) is 15.1 Å². The molecule has 1 fully saturated rings. The molecule has 0 atom stereocenters. The van der Waals surface area contributed by atoms with E-state index >= 15 is 0 Å². The first-order chi connectivity index (χ1) is 8.22. The molecule has 0 amide bonds. The maximum absolute atomic E-state index is 11.8. The Morgan fingerprint density at radius 1 is 1.29 bits per heavy atom. The third-order valence-corrected chi connectivity index (χ3v) is 3.61. The number of nitrogens with zero attached hydrogens (tertiary/aromatic N) is 1. The van der Waals surface area contributed by atoms with Crippen molar-refractivity contribution in [3.8, 4) is 5.88 Å². The van der Waals surface area contributed by atoms with Crippen LogP contribution in [0, 0.1) is 0 Å². The minimum absolute atomic E-state index is 0.0875. The molecule has 1 heterocycles. The third-order valence-electron chi connectivity index (χ3n) is 3.61. The molecule has 0 aliphatic heterocycles. The van der Waals surface area contributed by atoms with Crippen molar-refractivity contribution in [3.63, 3.8) is 0 Å². The van der Waals surface area contributed by atoms with Gasteiger partial charge in [-0.05, 0) is 19.3 Å². The minimum atomic E-state index is -0.181. The standard InChI is InChI=1S/C13H20N2O2/c1-2-10-12(16)14-11(15-13(10)17)9-7-5-3-4-6-8-9/h9H,2-8H2,1H3,(H2,14,15,16,17). The number of nitrogens with one attached hydrogen (secondary N) is 1. The van der Waals surface area contributed by atoms with E-state index in [9.17, 15) is 9.90 Å². The highest BCUT2D eigenvalue weighted by Gasteiger charge is 2.18. The molecule has 0 bridgehead atoms. The van der Waals surface area contributed by atoms with Gasteiger partial charge in [0.1, 0.15) is 5.82 Å². The Kier molecular flexibility index (Phi) is 3.82. The summed E-state index contributed by atoms with van der Waals surface area (Å²) in [6.45, 7) is 1.84. The molecule has 2 N–H and O–H groups in total. The SMILES string of the molecule is CCc1c(O)nc(C2CCCCCC2)[nH]c1=O. The molecule has 0 aromatic carbocycles. The van der Waals surface area contributed by atoms with Crippen LogP contribution >= 0.6 is 0 Å². The van der Waals surface area contributed by atoms with Gasteiger partial charge < -0.3 is 10.1 Å². The quantitative estimate of drug-likeness (QED) is 0.775. The molecule has 0 radical (unpaired) electrons. The Hall–Kier alpha value is -1.32. The van der Waals surface area contributed by atoms with Crippen molar-refractivity contribution in [1.29, 1.82) is 0 Å². The molecule has 1 saturated carbocycles. The lowest BCUT2D eigenvalue weighted by Gasteiger charge is -2.13. The van der Waals surface area contributed by atoms with Crippen molar-refractivity contribution in [2.45, 2.75) is 57.8 Å². The van der Waals surface area contributed by atoms with Crippen LogP contribution < -0.4 is 5.56 Å². The minimum Gasteiger partial charge on any atom is -0.493 e. The molecule has 0 unspecified atom stereocenters. The zero-order valence-electron chi connectivity index (χ0n) is 10.3. The van der Waals surface area contributed by atoms with Crippen LogP contribution in [-0.2, 0) is 6.42 Å². The van der Waals surface area contributed by atoms with E-state index in [0.29, 0.717) is 23.7 Å². The van der Waals surface area contributed by atoms with Crippen molar-refractivity contribution in [2.24, 2.45) is 0 Å². The summed E-state index contributed by atoms with van der Waals surface area (Å²) in [6, 6.07) is 0. The lowest BCUT2D eigenvalue weighted by atomic mass is 9.99. The van der Waals surface area contributed by atoms with Gasteiger partial charge in [-0.2, -0.15) is 4.98 Å². The van der Waals surface area contributed by atoms with Crippen molar-refractivity contribution >= 4 is 0 Å². The van der Waals surface area contributed by atoms with Gasteiger partial charge in [0.2, 0.25) is 5.88 Å². The highest BCUT2D eigenvalue weighted by Crippen LogP contribution is 2.29. The van der Waals surface area contributed by atoms with Gasteiger partial charge in [0.15, 0.2) is 0 Å².